The molecule has 0 radical (unpaired) electrons. The van der Waals surface area contributed by atoms with Gasteiger partial charge in [0.25, 0.3) is 5.91 Å². The van der Waals surface area contributed by atoms with Gasteiger partial charge in [-0.1, -0.05) is 12.1 Å². The zero-order valence-electron chi connectivity index (χ0n) is 16.2. The molecule has 1 N–H and O–H groups in total. The van der Waals surface area contributed by atoms with E-state index in [1.807, 2.05) is 24.3 Å². The summed E-state index contributed by atoms with van der Waals surface area (Å²) in [7, 11) is 1.60. The highest BCUT2D eigenvalue weighted by atomic mass is 16.5. The van der Waals surface area contributed by atoms with Crippen LogP contribution in [-0.4, -0.2) is 30.6 Å². The Morgan fingerprint density at radius 2 is 1.63 bits per heavy atom. The maximum Gasteiger partial charge on any atom is 0.311 e. The van der Waals surface area contributed by atoms with E-state index in [1.165, 1.54) is 19.3 Å². The number of rotatable bonds is 6. The molecule has 0 aliphatic heterocycles. The molecule has 27 heavy (non-hydrogen) atoms. The number of ether oxygens (including phenoxy) is 2. The minimum Gasteiger partial charge on any atom is -0.497 e. The van der Waals surface area contributed by atoms with Gasteiger partial charge in [0.05, 0.1) is 13.5 Å². The second-order valence-corrected chi connectivity index (χ2v) is 8.84. The van der Waals surface area contributed by atoms with Gasteiger partial charge in [-0.05, 0) is 80.9 Å². The molecule has 1 atom stereocenters. The summed E-state index contributed by atoms with van der Waals surface area (Å²) in [5.74, 6) is 2.52. The average molecular weight is 371 g/mol. The maximum atomic E-state index is 12.7. The van der Waals surface area contributed by atoms with Crippen molar-refractivity contribution >= 4 is 11.9 Å². The van der Waals surface area contributed by atoms with Gasteiger partial charge in [-0.3, -0.25) is 9.59 Å². The predicted octanol–water partition coefficient (Wildman–Crippen LogP) is 3.25. The minimum absolute atomic E-state index is 0.0531. The van der Waals surface area contributed by atoms with Crippen LogP contribution in [0.1, 0.15) is 51.0 Å². The van der Waals surface area contributed by atoms with E-state index < -0.39 is 6.10 Å². The molecule has 4 aliphatic rings. The van der Waals surface area contributed by atoms with Gasteiger partial charge in [0.15, 0.2) is 6.10 Å². The second kappa shape index (κ2) is 7.17. The van der Waals surface area contributed by atoms with Crippen molar-refractivity contribution in [2.45, 2.75) is 63.5 Å². The SMILES string of the molecule is COc1ccc(CC(=O)O[C@H](C)C(=O)NC23CC4CC(CC(C4)C2)C3)cc1. The van der Waals surface area contributed by atoms with Crippen molar-refractivity contribution in [3.8, 4) is 5.75 Å². The molecule has 0 saturated heterocycles. The fourth-order valence-corrected chi connectivity index (χ4v) is 5.83. The van der Waals surface area contributed by atoms with E-state index in [1.54, 1.807) is 14.0 Å². The van der Waals surface area contributed by atoms with Gasteiger partial charge in [0.1, 0.15) is 5.75 Å². The Morgan fingerprint density at radius 1 is 1.07 bits per heavy atom. The van der Waals surface area contributed by atoms with Crippen LogP contribution in [0.25, 0.3) is 0 Å². The first-order chi connectivity index (χ1) is 12.9. The molecule has 0 unspecified atom stereocenters. The Hall–Kier alpha value is -2.04. The Bertz CT molecular complexity index is 676. The largest absolute Gasteiger partial charge is 0.497 e. The standard InChI is InChI=1S/C22H29NO4/c1-14(27-20(24)10-15-3-5-19(26-2)6-4-15)21(25)23-22-11-16-7-17(12-22)9-18(8-16)13-22/h3-6,14,16-18H,7-13H2,1-2H3,(H,23,25)/t14-,16?,17?,18?,22?/m1/s1. The third-order valence-corrected chi connectivity index (χ3v) is 6.61. The number of amides is 1. The molecule has 0 spiro atoms. The molecule has 1 amide bonds. The highest BCUT2D eigenvalue weighted by molar-refractivity contribution is 5.84. The Labute approximate surface area is 160 Å². The van der Waals surface area contributed by atoms with Gasteiger partial charge in [0, 0.05) is 5.54 Å². The lowest BCUT2D eigenvalue weighted by atomic mass is 9.53. The third-order valence-electron chi connectivity index (χ3n) is 6.61. The molecular weight excluding hydrogens is 342 g/mol. The topological polar surface area (TPSA) is 64.6 Å². The molecule has 1 aromatic rings. The molecule has 4 fully saturated rings. The molecule has 5 rings (SSSR count). The van der Waals surface area contributed by atoms with E-state index in [9.17, 15) is 9.59 Å². The fourth-order valence-electron chi connectivity index (χ4n) is 5.83. The zero-order valence-corrected chi connectivity index (χ0v) is 16.2. The lowest BCUT2D eigenvalue weighted by molar-refractivity contribution is -0.156. The van der Waals surface area contributed by atoms with Crippen LogP contribution in [0.3, 0.4) is 0 Å². The molecule has 0 heterocycles. The molecule has 5 nitrogen and oxygen atoms in total. The van der Waals surface area contributed by atoms with E-state index in [4.69, 9.17) is 9.47 Å². The highest BCUT2D eigenvalue weighted by Gasteiger charge is 2.51. The van der Waals surface area contributed by atoms with Gasteiger partial charge < -0.3 is 14.8 Å². The summed E-state index contributed by atoms with van der Waals surface area (Å²) in [5, 5.41) is 3.28. The van der Waals surface area contributed by atoms with Crippen LogP contribution in [-0.2, 0) is 20.7 Å². The quantitative estimate of drug-likeness (QED) is 0.780. The normalized spacial score (nSPS) is 32.0. The average Bonchev–Trinajstić information content (AvgIpc) is 2.60. The predicted molar refractivity (Wildman–Crippen MR) is 101 cm³/mol. The van der Waals surface area contributed by atoms with Crippen molar-refractivity contribution in [1.29, 1.82) is 0 Å². The number of carbonyl (C=O) groups is 2. The van der Waals surface area contributed by atoms with Crippen LogP contribution in [0.5, 0.6) is 5.75 Å². The summed E-state index contributed by atoms with van der Waals surface area (Å²) in [6.45, 7) is 1.67. The van der Waals surface area contributed by atoms with Crippen LogP contribution in [0.2, 0.25) is 0 Å². The summed E-state index contributed by atoms with van der Waals surface area (Å²) in [4.78, 5) is 24.9. The molecule has 146 valence electrons. The van der Waals surface area contributed by atoms with Gasteiger partial charge in [0.2, 0.25) is 0 Å². The Balaban J connectivity index is 1.30. The van der Waals surface area contributed by atoms with Gasteiger partial charge in [-0.25, -0.2) is 0 Å². The van der Waals surface area contributed by atoms with Crippen LogP contribution in [0.4, 0.5) is 0 Å². The Morgan fingerprint density at radius 3 is 2.15 bits per heavy atom. The first kappa shape index (κ1) is 18.3. The van der Waals surface area contributed by atoms with Crippen molar-refractivity contribution in [3.05, 3.63) is 29.8 Å². The second-order valence-electron chi connectivity index (χ2n) is 8.84. The number of benzene rings is 1. The van der Waals surface area contributed by atoms with Crippen molar-refractivity contribution < 1.29 is 19.1 Å². The number of hydrogen-bond acceptors (Lipinski definition) is 4. The molecule has 5 heteroatoms. The van der Waals surface area contributed by atoms with E-state index in [0.29, 0.717) is 0 Å². The van der Waals surface area contributed by atoms with Crippen molar-refractivity contribution in [2.24, 2.45) is 17.8 Å². The zero-order chi connectivity index (χ0) is 19.0. The van der Waals surface area contributed by atoms with E-state index in [0.717, 1.165) is 48.3 Å². The molecule has 4 bridgehead atoms. The number of carbonyl (C=O) groups excluding carboxylic acids is 2. The number of nitrogens with one attached hydrogen (secondary N) is 1. The fraction of sp³-hybridized carbons (Fsp3) is 0.636. The maximum absolute atomic E-state index is 12.7. The number of methoxy groups -OCH3 is 1. The summed E-state index contributed by atoms with van der Waals surface area (Å²) in [6.07, 6.45) is 6.68. The van der Waals surface area contributed by atoms with Crippen molar-refractivity contribution in [2.75, 3.05) is 7.11 Å². The van der Waals surface area contributed by atoms with E-state index >= 15 is 0 Å². The van der Waals surface area contributed by atoms with Gasteiger partial charge in [-0.15, -0.1) is 0 Å². The minimum atomic E-state index is -0.760. The summed E-state index contributed by atoms with van der Waals surface area (Å²) in [5.41, 5.74) is 0.789. The molecule has 4 aliphatic carbocycles. The molecule has 1 aromatic carbocycles. The third kappa shape index (κ3) is 3.97. The van der Waals surface area contributed by atoms with Gasteiger partial charge in [-0.2, -0.15) is 0 Å². The van der Waals surface area contributed by atoms with Crippen LogP contribution >= 0.6 is 0 Å². The van der Waals surface area contributed by atoms with Crippen LogP contribution in [0.15, 0.2) is 24.3 Å². The lowest BCUT2D eigenvalue weighted by Crippen LogP contribution is -2.61. The van der Waals surface area contributed by atoms with Gasteiger partial charge >= 0.3 is 5.97 Å². The highest BCUT2D eigenvalue weighted by Crippen LogP contribution is 2.55. The van der Waals surface area contributed by atoms with Crippen LogP contribution in [0, 0.1) is 17.8 Å². The first-order valence-electron chi connectivity index (χ1n) is 10.1. The summed E-state index contributed by atoms with van der Waals surface area (Å²) < 4.78 is 10.5. The Kier molecular flexibility index (Phi) is 4.87. The van der Waals surface area contributed by atoms with Crippen LogP contribution < -0.4 is 10.1 Å². The van der Waals surface area contributed by atoms with Crippen molar-refractivity contribution in [1.82, 2.24) is 5.32 Å². The van der Waals surface area contributed by atoms with E-state index in [-0.39, 0.29) is 23.8 Å². The number of esters is 1. The van der Waals surface area contributed by atoms with E-state index in [2.05, 4.69) is 5.32 Å². The van der Waals surface area contributed by atoms with Crippen molar-refractivity contribution in [3.63, 3.8) is 0 Å². The summed E-state index contributed by atoms with van der Waals surface area (Å²) >= 11 is 0. The molecule has 0 aromatic heterocycles. The smallest absolute Gasteiger partial charge is 0.311 e. The number of hydrogen-bond donors (Lipinski definition) is 1. The lowest BCUT2D eigenvalue weighted by Gasteiger charge is -2.57. The molecule has 4 saturated carbocycles. The molecular formula is C22H29NO4. The first-order valence-corrected chi connectivity index (χ1v) is 10.1. The summed E-state index contributed by atoms with van der Waals surface area (Å²) in [6, 6.07) is 7.29. The monoisotopic (exact) mass is 371 g/mol.